The van der Waals surface area contributed by atoms with Crippen LogP contribution < -0.4 is 9.62 Å². The van der Waals surface area contributed by atoms with E-state index in [1.807, 2.05) is 74.5 Å². The third kappa shape index (κ3) is 8.46. The third-order valence-corrected chi connectivity index (χ3v) is 9.06. The molecule has 0 aliphatic heterocycles. The predicted molar refractivity (Wildman–Crippen MR) is 171 cm³/mol. The predicted octanol–water partition coefficient (Wildman–Crippen LogP) is 6.01. The highest BCUT2D eigenvalue weighted by Gasteiger charge is 2.34. The molecular formula is C34H36ClN3O4S. The smallest absolute Gasteiger partial charge is 0.264 e. The Morgan fingerprint density at radius 1 is 0.814 bits per heavy atom. The molecule has 9 heteroatoms. The van der Waals surface area contributed by atoms with Gasteiger partial charge in [-0.3, -0.25) is 13.9 Å². The number of carbonyl (C=O) groups excluding carboxylic acids is 2. The van der Waals surface area contributed by atoms with Crippen molar-refractivity contribution in [2.45, 2.75) is 44.2 Å². The zero-order valence-electron chi connectivity index (χ0n) is 24.3. The maximum Gasteiger partial charge on any atom is 0.264 e. The maximum absolute atomic E-state index is 14.4. The second-order valence-corrected chi connectivity index (χ2v) is 12.6. The molecule has 0 heterocycles. The van der Waals surface area contributed by atoms with Crippen molar-refractivity contribution >= 4 is 39.1 Å². The molecule has 0 saturated heterocycles. The van der Waals surface area contributed by atoms with E-state index in [2.05, 4.69) is 5.32 Å². The molecule has 0 aromatic heterocycles. The number of sulfonamides is 1. The van der Waals surface area contributed by atoms with Gasteiger partial charge in [0.15, 0.2) is 0 Å². The van der Waals surface area contributed by atoms with Gasteiger partial charge in [0.25, 0.3) is 10.0 Å². The zero-order valence-corrected chi connectivity index (χ0v) is 25.9. The van der Waals surface area contributed by atoms with E-state index in [0.29, 0.717) is 11.6 Å². The Labute approximate surface area is 259 Å². The lowest BCUT2D eigenvalue weighted by molar-refractivity contribution is -0.140. The number of amides is 2. The summed E-state index contributed by atoms with van der Waals surface area (Å²) in [7, 11) is -4.16. The summed E-state index contributed by atoms with van der Waals surface area (Å²) in [6.45, 7) is 3.89. The summed E-state index contributed by atoms with van der Waals surface area (Å²) in [4.78, 5) is 29.5. The fourth-order valence-electron chi connectivity index (χ4n) is 4.67. The molecular weight excluding hydrogens is 582 g/mol. The van der Waals surface area contributed by atoms with Crippen molar-refractivity contribution in [1.29, 1.82) is 0 Å². The lowest BCUT2D eigenvalue weighted by atomic mass is 10.0. The summed E-state index contributed by atoms with van der Waals surface area (Å²) in [5.74, 6) is -0.809. The monoisotopic (exact) mass is 617 g/mol. The fraction of sp³-hybridized carbons (Fsp3) is 0.235. The van der Waals surface area contributed by atoms with Crippen molar-refractivity contribution in [3.8, 4) is 0 Å². The van der Waals surface area contributed by atoms with E-state index < -0.39 is 28.5 Å². The first kappa shape index (κ1) is 31.8. The number of halogens is 1. The number of carbonyl (C=O) groups is 2. The Kier molecular flexibility index (Phi) is 11.0. The van der Waals surface area contributed by atoms with Gasteiger partial charge in [-0.2, -0.15) is 0 Å². The molecule has 4 rings (SSSR count). The van der Waals surface area contributed by atoms with Crippen LogP contribution in [0.2, 0.25) is 5.02 Å². The van der Waals surface area contributed by atoms with Gasteiger partial charge in [-0.05, 0) is 60.9 Å². The standard InChI is InChI=1S/C34H36ClN3O4S/c1-3-22-36-34(40)32(23-27-10-6-4-7-11-27)37(24-28-12-8-5-9-13-28)33(39)25-38(30-18-16-29(35)17-19-30)43(41,42)31-20-14-26(2)15-21-31/h4-21,32H,3,22-25H2,1-2H3,(H,36,40)/t32-/m0/s1. The molecule has 2 amide bonds. The molecule has 1 N–H and O–H groups in total. The molecule has 4 aromatic rings. The first-order valence-electron chi connectivity index (χ1n) is 14.2. The Hall–Kier alpha value is -4.14. The average Bonchev–Trinajstić information content (AvgIpc) is 3.02. The van der Waals surface area contributed by atoms with Crippen LogP contribution in [-0.2, 0) is 32.6 Å². The number of anilines is 1. The van der Waals surface area contributed by atoms with Gasteiger partial charge in [0.1, 0.15) is 12.6 Å². The molecule has 0 fully saturated rings. The quantitative estimate of drug-likeness (QED) is 0.199. The molecule has 0 bridgehead atoms. The molecule has 0 aliphatic rings. The largest absolute Gasteiger partial charge is 0.354 e. The van der Waals surface area contributed by atoms with Crippen molar-refractivity contribution in [2.24, 2.45) is 0 Å². The molecule has 7 nitrogen and oxygen atoms in total. The van der Waals surface area contributed by atoms with Gasteiger partial charge in [0.05, 0.1) is 10.6 Å². The van der Waals surface area contributed by atoms with Gasteiger partial charge in [-0.1, -0.05) is 96.9 Å². The van der Waals surface area contributed by atoms with Gasteiger partial charge in [-0.25, -0.2) is 8.42 Å². The lowest BCUT2D eigenvalue weighted by Gasteiger charge is -2.34. The Bertz CT molecular complexity index is 1600. The van der Waals surface area contributed by atoms with Crippen LogP contribution in [-0.4, -0.2) is 44.3 Å². The zero-order chi connectivity index (χ0) is 30.8. The molecule has 0 unspecified atom stereocenters. The molecule has 0 spiro atoms. The topological polar surface area (TPSA) is 86.8 Å². The van der Waals surface area contributed by atoms with Gasteiger partial charge in [0.2, 0.25) is 11.8 Å². The molecule has 0 radical (unpaired) electrons. The number of hydrogen-bond donors (Lipinski definition) is 1. The van der Waals surface area contributed by atoms with Crippen molar-refractivity contribution in [3.63, 3.8) is 0 Å². The maximum atomic E-state index is 14.4. The van der Waals surface area contributed by atoms with Crippen LogP contribution in [0.15, 0.2) is 114 Å². The normalized spacial score (nSPS) is 11.9. The summed E-state index contributed by atoms with van der Waals surface area (Å²) in [5, 5.41) is 3.38. The Morgan fingerprint density at radius 2 is 1.40 bits per heavy atom. The second-order valence-electron chi connectivity index (χ2n) is 10.3. The highest BCUT2D eigenvalue weighted by molar-refractivity contribution is 7.92. The molecule has 43 heavy (non-hydrogen) atoms. The molecule has 4 aromatic carbocycles. The number of benzene rings is 4. The third-order valence-electron chi connectivity index (χ3n) is 7.02. The number of rotatable bonds is 13. The van der Waals surface area contributed by atoms with E-state index >= 15 is 0 Å². The van der Waals surface area contributed by atoms with Gasteiger partial charge >= 0.3 is 0 Å². The van der Waals surface area contributed by atoms with Crippen LogP contribution in [0.3, 0.4) is 0 Å². The van der Waals surface area contributed by atoms with Gasteiger partial charge < -0.3 is 10.2 Å². The Morgan fingerprint density at radius 3 is 1.98 bits per heavy atom. The minimum Gasteiger partial charge on any atom is -0.354 e. The molecule has 224 valence electrons. The first-order chi connectivity index (χ1) is 20.7. The van der Waals surface area contributed by atoms with E-state index in [4.69, 9.17) is 11.6 Å². The van der Waals surface area contributed by atoms with Crippen LogP contribution in [0.5, 0.6) is 0 Å². The van der Waals surface area contributed by atoms with Gasteiger partial charge in [-0.15, -0.1) is 0 Å². The van der Waals surface area contributed by atoms with Crippen molar-refractivity contribution in [3.05, 3.63) is 131 Å². The lowest BCUT2D eigenvalue weighted by Crippen LogP contribution is -2.53. The van der Waals surface area contributed by atoms with Gasteiger partial charge in [0, 0.05) is 24.5 Å². The summed E-state index contributed by atoms with van der Waals surface area (Å²) < 4.78 is 29.1. The van der Waals surface area contributed by atoms with Crippen LogP contribution >= 0.6 is 11.6 Å². The minimum atomic E-state index is -4.16. The van der Waals surface area contributed by atoms with Crippen LogP contribution in [0.1, 0.15) is 30.0 Å². The highest BCUT2D eigenvalue weighted by Crippen LogP contribution is 2.26. The molecule has 1 atom stereocenters. The number of hydrogen-bond acceptors (Lipinski definition) is 4. The summed E-state index contributed by atoms with van der Waals surface area (Å²) in [6.07, 6.45) is 0.996. The van der Waals surface area contributed by atoms with Crippen LogP contribution in [0.4, 0.5) is 5.69 Å². The van der Waals surface area contributed by atoms with Crippen LogP contribution in [0.25, 0.3) is 0 Å². The van der Waals surface area contributed by atoms with Crippen molar-refractivity contribution in [1.82, 2.24) is 10.2 Å². The average molecular weight is 618 g/mol. The Balaban J connectivity index is 1.77. The summed E-state index contributed by atoms with van der Waals surface area (Å²) in [6, 6.07) is 30.7. The second kappa shape index (κ2) is 14.8. The summed E-state index contributed by atoms with van der Waals surface area (Å²) >= 11 is 6.12. The highest BCUT2D eigenvalue weighted by atomic mass is 35.5. The molecule has 0 aliphatic carbocycles. The fourth-order valence-corrected chi connectivity index (χ4v) is 6.21. The minimum absolute atomic E-state index is 0.0528. The van der Waals surface area contributed by atoms with E-state index in [1.54, 1.807) is 36.4 Å². The van der Waals surface area contributed by atoms with Crippen LogP contribution in [0, 0.1) is 6.92 Å². The number of aryl methyl sites for hydroxylation is 1. The SMILES string of the molecule is CCCNC(=O)[C@H](Cc1ccccc1)N(Cc1ccccc1)C(=O)CN(c1ccc(Cl)cc1)S(=O)(=O)c1ccc(C)cc1. The van der Waals surface area contributed by atoms with E-state index in [0.717, 1.165) is 27.4 Å². The van der Waals surface area contributed by atoms with E-state index in [-0.39, 0.29) is 29.5 Å². The number of nitrogens with zero attached hydrogens (tertiary/aromatic N) is 2. The van der Waals surface area contributed by atoms with E-state index in [1.165, 1.54) is 17.0 Å². The molecule has 0 saturated carbocycles. The summed E-state index contributed by atoms with van der Waals surface area (Å²) in [5.41, 5.74) is 2.89. The van der Waals surface area contributed by atoms with E-state index in [9.17, 15) is 18.0 Å². The number of nitrogens with one attached hydrogen (secondary N) is 1. The van der Waals surface area contributed by atoms with Crippen molar-refractivity contribution in [2.75, 3.05) is 17.4 Å². The first-order valence-corrected chi connectivity index (χ1v) is 16.0. The van der Waals surface area contributed by atoms with Crippen molar-refractivity contribution < 1.29 is 18.0 Å².